The van der Waals surface area contributed by atoms with Crippen molar-refractivity contribution in [1.29, 1.82) is 0 Å². The molecular formula is C12H10ClNO2. The Kier molecular flexibility index (Phi) is 3.39. The lowest BCUT2D eigenvalue weighted by Crippen LogP contribution is -1.92. The number of nitrogens with zero attached hydrogens (tertiary/aromatic N) is 1. The Hall–Kier alpha value is -1.58. The van der Waals surface area contributed by atoms with Crippen molar-refractivity contribution in [3.63, 3.8) is 0 Å². The van der Waals surface area contributed by atoms with E-state index in [0.717, 1.165) is 0 Å². The summed E-state index contributed by atoms with van der Waals surface area (Å²) in [4.78, 5) is 4.10. The molecule has 0 aliphatic rings. The van der Waals surface area contributed by atoms with Crippen LogP contribution in [-0.2, 0) is 6.61 Å². The maximum absolute atomic E-state index is 8.93. The molecule has 2 aromatic rings. The van der Waals surface area contributed by atoms with E-state index in [2.05, 4.69) is 4.98 Å². The number of hydrogen-bond donors (Lipinski definition) is 1. The molecule has 0 radical (unpaired) electrons. The molecule has 1 heterocycles. The fraction of sp³-hybridized carbons (Fsp3) is 0.0833. The topological polar surface area (TPSA) is 42.4 Å². The van der Waals surface area contributed by atoms with Crippen molar-refractivity contribution < 1.29 is 9.84 Å². The minimum atomic E-state index is -0.104. The first-order chi connectivity index (χ1) is 7.78. The van der Waals surface area contributed by atoms with E-state index in [1.54, 1.807) is 42.5 Å². The molecule has 0 atom stereocenters. The molecule has 2 rings (SSSR count). The lowest BCUT2D eigenvalue weighted by Gasteiger charge is -2.05. The molecule has 16 heavy (non-hydrogen) atoms. The minimum Gasteiger partial charge on any atom is -0.439 e. The molecule has 0 bridgehead atoms. The van der Waals surface area contributed by atoms with Crippen molar-refractivity contribution in [2.24, 2.45) is 0 Å². The summed E-state index contributed by atoms with van der Waals surface area (Å²) in [7, 11) is 0. The van der Waals surface area contributed by atoms with Crippen LogP contribution in [0.2, 0.25) is 5.02 Å². The molecule has 0 unspecified atom stereocenters. The van der Waals surface area contributed by atoms with Crippen molar-refractivity contribution in [3.05, 3.63) is 53.2 Å². The lowest BCUT2D eigenvalue weighted by molar-refractivity contribution is 0.275. The van der Waals surface area contributed by atoms with Gasteiger partial charge >= 0.3 is 0 Å². The van der Waals surface area contributed by atoms with Gasteiger partial charge in [0.05, 0.1) is 12.3 Å². The molecule has 3 nitrogen and oxygen atoms in total. The Bertz CT molecular complexity index is 488. The zero-order valence-electron chi connectivity index (χ0n) is 8.43. The number of pyridine rings is 1. The second-order valence-corrected chi connectivity index (χ2v) is 3.62. The fourth-order valence-corrected chi connectivity index (χ4v) is 1.43. The van der Waals surface area contributed by atoms with Gasteiger partial charge in [0.2, 0.25) is 5.88 Å². The Morgan fingerprint density at radius 3 is 2.75 bits per heavy atom. The Morgan fingerprint density at radius 2 is 2.00 bits per heavy atom. The molecule has 82 valence electrons. The number of aromatic nitrogens is 1. The van der Waals surface area contributed by atoms with Crippen LogP contribution in [0.3, 0.4) is 0 Å². The summed E-state index contributed by atoms with van der Waals surface area (Å²) in [6.07, 6.45) is 0. The van der Waals surface area contributed by atoms with E-state index in [1.807, 2.05) is 0 Å². The second kappa shape index (κ2) is 4.96. The molecular weight excluding hydrogens is 226 g/mol. The largest absolute Gasteiger partial charge is 0.439 e. The summed E-state index contributed by atoms with van der Waals surface area (Å²) in [6.45, 7) is -0.104. The van der Waals surface area contributed by atoms with Crippen molar-refractivity contribution in [1.82, 2.24) is 4.98 Å². The Balaban J connectivity index is 2.20. The van der Waals surface area contributed by atoms with E-state index in [0.29, 0.717) is 22.3 Å². The number of benzene rings is 1. The third-order valence-corrected chi connectivity index (χ3v) is 2.20. The first-order valence-electron chi connectivity index (χ1n) is 4.78. The zero-order chi connectivity index (χ0) is 11.4. The van der Waals surface area contributed by atoms with Gasteiger partial charge in [-0.05, 0) is 24.3 Å². The van der Waals surface area contributed by atoms with Crippen LogP contribution in [0.1, 0.15) is 5.69 Å². The van der Waals surface area contributed by atoms with Crippen LogP contribution in [0.4, 0.5) is 0 Å². The average molecular weight is 236 g/mol. The van der Waals surface area contributed by atoms with Gasteiger partial charge in [0, 0.05) is 11.1 Å². The first kappa shape index (κ1) is 10.9. The summed E-state index contributed by atoms with van der Waals surface area (Å²) in [6, 6.07) is 12.3. The highest BCUT2D eigenvalue weighted by atomic mass is 35.5. The van der Waals surface area contributed by atoms with E-state index in [1.165, 1.54) is 0 Å². The quantitative estimate of drug-likeness (QED) is 0.889. The van der Waals surface area contributed by atoms with E-state index in [-0.39, 0.29) is 6.61 Å². The van der Waals surface area contributed by atoms with Gasteiger partial charge in [-0.1, -0.05) is 23.7 Å². The summed E-state index contributed by atoms with van der Waals surface area (Å²) in [5, 5.41) is 9.54. The molecule has 1 aromatic carbocycles. The minimum absolute atomic E-state index is 0.104. The van der Waals surface area contributed by atoms with Crippen molar-refractivity contribution >= 4 is 11.6 Å². The van der Waals surface area contributed by atoms with Gasteiger partial charge in [0.15, 0.2) is 0 Å². The number of hydrogen-bond acceptors (Lipinski definition) is 3. The lowest BCUT2D eigenvalue weighted by atomic mass is 10.3. The number of ether oxygens (including phenoxy) is 1. The monoisotopic (exact) mass is 235 g/mol. The van der Waals surface area contributed by atoms with Crippen LogP contribution in [0, 0.1) is 0 Å². The number of aliphatic hydroxyl groups is 1. The first-order valence-corrected chi connectivity index (χ1v) is 5.16. The average Bonchev–Trinajstić information content (AvgIpc) is 2.29. The van der Waals surface area contributed by atoms with E-state index >= 15 is 0 Å². The van der Waals surface area contributed by atoms with Crippen LogP contribution < -0.4 is 4.74 Å². The van der Waals surface area contributed by atoms with Crippen molar-refractivity contribution in [2.45, 2.75) is 6.61 Å². The number of rotatable bonds is 3. The molecule has 0 aliphatic heterocycles. The standard InChI is InChI=1S/C12H10ClNO2/c13-9-3-1-5-11(7-9)16-12-6-2-4-10(8-15)14-12/h1-7,15H,8H2. The molecule has 0 saturated carbocycles. The van der Waals surface area contributed by atoms with E-state index in [4.69, 9.17) is 21.4 Å². The zero-order valence-corrected chi connectivity index (χ0v) is 9.19. The van der Waals surface area contributed by atoms with Gasteiger partial charge in [-0.2, -0.15) is 0 Å². The highest BCUT2D eigenvalue weighted by molar-refractivity contribution is 6.30. The van der Waals surface area contributed by atoms with Gasteiger partial charge < -0.3 is 9.84 Å². The molecule has 0 amide bonds. The SMILES string of the molecule is OCc1cccc(Oc2cccc(Cl)c2)n1. The van der Waals surface area contributed by atoms with Crippen LogP contribution in [0.15, 0.2) is 42.5 Å². The smallest absolute Gasteiger partial charge is 0.219 e. The van der Waals surface area contributed by atoms with E-state index in [9.17, 15) is 0 Å². The van der Waals surface area contributed by atoms with Gasteiger partial charge in [-0.3, -0.25) is 0 Å². The predicted octanol–water partition coefficient (Wildman–Crippen LogP) is 3.02. The fourth-order valence-electron chi connectivity index (χ4n) is 1.25. The Labute approximate surface area is 98.3 Å². The summed E-state index contributed by atoms with van der Waals surface area (Å²) < 4.78 is 5.50. The van der Waals surface area contributed by atoms with Gasteiger partial charge in [0.1, 0.15) is 5.75 Å². The van der Waals surface area contributed by atoms with Crippen LogP contribution in [0.5, 0.6) is 11.6 Å². The number of halogens is 1. The van der Waals surface area contributed by atoms with Gasteiger partial charge in [0.25, 0.3) is 0 Å². The molecule has 0 aliphatic carbocycles. The van der Waals surface area contributed by atoms with Crippen molar-refractivity contribution in [2.75, 3.05) is 0 Å². The highest BCUT2D eigenvalue weighted by Gasteiger charge is 2.00. The summed E-state index contributed by atoms with van der Waals surface area (Å²) >= 11 is 5.83. The number of aliphatic hydroxyl groups excluding tert-OH is 1. The van der Waals surface area contributed by atoms with Crippen LogP contribution >= 0.6 is 11.6 Å². The van der Waals surface area contributed by atoms with Crippen LogP contribution in [-0.4, -0.2) is 10.1 Å². The van der Waals surface area contributed by atoms with E-state index < -0.39 is 0 Å². The van der Waals surface area contributed by atoms with Gasteiger partial charge in [-0.15, -0.1) is 0 Å². The third kappa shape index (κ3) is 2.72. The van der Waals surface area contributed by atoms with Crippen molar-refractivity contribution in [3.8, 4) is 11.6 Å². The Morgan fingerprint density at radius 1 is 1.19 bits per heavy atom. The molecule has 1 aromatic heterocycles. The highest BCUT2D eigenvalue weighted by Crippen LogP contribution is 2.22. The molecule has 0 spiro atoms. The normalized spacial score (nSPS) is 10.1. The molecule has 0 saturated heterocycles. The maximum Gasteiger partial charge on any atom is 0.219 e. The summed E-state index contributed by atoms with van der Waals surface area (Å²) in [5.41, 5.74) is 0.569. The third-order valence-electron chi connectivity index (χ3n) is 1.96. The summed E-state index contributed by atoms with van der Waals surface area (Å²) in [5.74, 6) is 1.06. The molecule has 0 fully saturated rings. The molecule has 4 heteroatoms. The molecule has 1 N–H and O–H groups in total. The van der Waals surface area contributed by atoms with Crippen LogP contribution in [0.25, 0.3) is 0 Å². The second-order valence-electron chi connectivity index (χ2n) is 3.18. The maximum atomic E-state index is 8.93. The predicted molar refractivity (Wildman–Crippen MR) is 61.7 cm³/mol. The van der Waals surface area contributed by atoms with Gasteiger partial charge in [-0.25, -0.2) is 4.98 Å².